The Morgan fingerprint density at radius 3 is 2.87 bits per heavy atom. The zero-order valence-corrected chi connectivity index (χ0v) is 8.74. The molecule has 3 nitrogen and oxygen atoms in total. The van der Waals surface area contributed by atoms with Crippen LogP contribution in [0, 0.1) is 5.92 Å². The lowest BCUT2D eigenvalue weighted by Gasteiger charge is -2.23. The van der Waals surface area contributed by atoms with Gasteiger partial charge in [0.25, 0.3) is 0 Å². The minimum Gasteiger partial charge on any atom is -0.495 e. The standard InChI is InChI=1S/C11H15FN2O/c1-15-10-4-9(5-14-6-10)11(12,7-13)8-2-3-8/h4-6,8H,2-3,7,13H2,1H3. The van der Waals surface area contributed by atoms with Crippen LogP contribution in [-0.2, 0) is 5.67 Å². The molecule has 82 valence electrons. The van der Waals surface area contributed by atoms with Gasteiger partial charge in [-0.15, -0.1) is 0 Å². The molecule has 0 radical (unpaired) electrons. The van der Waals surface area contributed by atoms with Crippen molar-refractivity contribution in [3.63, 3.8) is 0 Å². The van der Waals surface area contributed by atoms with E-state index in [1.165, 1.54) is 6.20 Å². The highest BCUT2D eigenvalue weighted by atomic mass is 19.1. The van der Waals surface area contributed by atoms with Crippen LogP contribution < -0.4 is 10.5 Å². The van der Waals surface area contributed by atoms with Crippen LogP contribution >= 0.6 is 0 Å². The minimum atomic E-state index is -1.43. The average Bonchev–Trinajstić information content (AvgIpc) is 3.12. The van der Waals surface area contributed by atoms with Gasteiger partial charge in [0, 0.05) is 18.3 Å². The molecule has 0 spiro atoms. The van der Waals surface area contributed by atoms with E-state index in [-0.39, 0.29) is 12.5 Å². The molecule has 4 heteroatoms. The topological polar surface area (TPSA) is 48.1 Å². The Balaban J connectivity index is 2.33. The molecule has 2 rings (SSSR count). The first-order chi connectivity index (χ1) is 7.20. The highest BCUT2D eigenvalue weighted by Crippen LogP contribution is 2.48. The summed E-state index contributed by atoms with van der Waals surface area (Å²) in [6, 6.07) is 1.68. The van der Waals surface area contributed by atoms with E-state index < -0.39 is 5.67 Å². The van der Waals surface area contributed by atoms with Crippen molar-refractivity contribution < 1.29 is 9.13 Å². The smallest absolute Gasteiger partial charge is 0.152 e. The van der Waals surface area contributed by atoms with Crippen molar-refractivity contribution in [1.82, 2.24) is 4.98 Å². The minimum absolute atomic E-state index is 0.00646. The number of alkyl halides is 1. The monoisotopic (exact) mass is 210 g/mol. The van der Waals surface area contributed by atoms with Crippen molar-refractivity contribution in [1.29, 1.82) is 0 Å². The van der Waals surface area contributed by atoms with Gasteiger partial charge in [0.15, 0.2) is 5.67 Å². The second-order valence-electron chi connectivity index (χ2n) is 3.95. The Bertz CT molecular complexity index is 354. The number of nitrogens with two attached hydrogens (primary N) is 1. The average molecular weight is 210 g/mol. The highest BCUT2D eigenvalue weighted by molar-refractivity contribution is 5.30. The van der Waals surface area contributed by atoms with Gasteiger partial charge in [0.05, 0.1) is 13.3 Å². The highest BCUT2D eigenvalue weighted by Gasteiger charge is 2.46. The fourth-order valence-corrected chi connectivity index (χ4v) is 1.82. The summed E-state index contributed by atoms with van der Waals surface area (Å²) in [5.74, 6) is 0.625. The molecule has 0 saturated heterocycles. The van der Waals surface area contributed by atoms with Crippen LogP contribution in [0.2, 0.25) is 0 Å². The summed E-state index contributed by atoms with van der Waals surface area (Å²) in [7, 11) is 1.54. The maximum atomic E-state index is 14.5. The SMILES string of the molecule is COc1cncc(C(F)(CN)C2CC2)c1. The Hall–Kier alpha value is -1.16. The Morgan fingerprint density at radius 2 is 2.33 bits per heavy atom. The number of aromatic nitrogens is 1. The van der Waals surface area contributed by atoms with Gasteiger partial charge >= 0.3 is 0 Å². The van der Waals surface area contributed by atoms with E-state index >= 15 is 0 Å². The molecule has 0 aromatic carbocycles. The molecule has 15 heavy (non-hydrogen) atoms. The molecule has 1 saturated carbocycles. The first kappa shape index (κ1) is 10.4. The predicted octanol–water partition coefficient (Wildman–Crippen LogP) is 1.62. The third-order valence-corrected chi connectivity index (χ3v) is 2.95. The number of halogens is 1. The molecular formula is C11H15FN2O. The van der Waals surface area contributed by atoms with Crippen molar-refractivity contribution in [3.8, 4) is 5.75 Å². The van der Waals surface area contributed by atoms with E-state index in [1.807, 2.05) is 0 Å². The molecule has 0 amide bonds. The van der Waals surface area contributed by atoms with Crippen molar-refractivity contribution in [3.05, 3.63) is 24.0 Å². The molecule has 1 aromatic heterocycles. The molecule has 1 unspecified atom stereocenters. The fraction of sp³-hybridized carbons (Fsp3) is 0.545. The number of methoxy groups -OCH3 is 1. The molecule has 0 aliphatic heterocycles. The van der Waals surface area contributed by atoms with Gasteiger partial charge in [-0.1, -0.05) is 0 Å². The van der Waals surface area contributed by atoms with E-state index in [0.29, 0.717) is 11.3 Å². The maximum absolute atomic E-state index is 14.5. The van der Waals surface area contributed by atoms with Crippen LogP contribution in [0.25, 0.3) is 0 Å². The molecule has 1 aliphatic rings. The van der Waals surface area contributed by atoms with Crippen molar-refractivity contribution in [2.75, 3.05) is 13.7 Å². The zero-order valence-electron chi connectivity index (χ0n) is 8.74. The summed E-state index contributed by atoms with van der Waals surface area (Å²) in [5, 5.41) is 0. The molecular weight excluding hydrogens is 195 g/mol. The number of hydrogen-bond acceptors (Lipinski definition) is 3. The predicted molar refractivity (Wildman–Crippen MR) is 55.4 cm³/mol. The lowest BCUT2D eigenvalue weighted by atomic mass is 9.92. The first-order valence-electron chi connectivity index (χ1n) is 5.09. The Labute approximate surface area is 88.5 Å². The van der Waals surface area contributed by atoms with E-state index in [0.717, 1.165) is 12.8 Å². The normalized spacial score (nSPS) is 19.7. The molecule has 2 N–H and O–H groups in total. The van der Waals surface area contributed by atoms with Crippen LogP contribution in [0.5, 0.6) is 5.75 Å². The second kappa shape index (κ2) is 3.77. The summed E-state index contributed by atoms with van der Waals surface area (Å²) in [4.78, 5) is 3.96. The van der Waals surface area contributed by atoms with Crippen LogP contribution in [-0.4, -0.2) is 18.6 Å². The maximum Gasteiger partial charge on any atom is 0.152 e. The Kier molecular flexibility index (Phi) is 2.61. The summed E-state index contributed by atoms with van der Waals surface area (Å²) in [6.07, 6.45) is 4.91. The molecule has 0 bridgehead atoms. The van der Waals surface area contributed by atoms with Gasteiger partial charge in [-0.25, -0.2) is 4.39 Å². The van der Waals surface area contributed by atoms with Crippen LogP contribution in [0.3, 0.4) is 0 Å². The van der Waals surface area contributed by atoms with Crippen LogP contribution in [0.1, 0.15) is 18.4 Å². The van der Waals surface area contributed by atoms with Crippen LogP contribution in [0.15, 0.2) is 18.5 Å². The zero-order chi connectivity index (χ0) is 10.9. The number of hydrogen-bond donors (Lipinski definition) is 1. The lowest BCUT2D eigenvalue weighted by Crippen LogP contribution is -2.32. The third kappa shape index (κ3) is 1.81. The summed E-state index contributed by atoms with van der Waals surface area (Å²) in [6.45, 7) is 0.00646. The number of ether oxygens (including phenoxy) is 1. The van der Waals surface area contributed by atoms with Crippen LogP contribution in [0.4, 0.5) is 4.39 Å². The number of rotatable bonds is 4. The van der Waals surface area contributed by atoms with E-state index in [4.69, 9.17) is 10.5 Å². The molecule has 1 atom stereocenters. The third-order valence-electron chi connectivity index (χ3n) is 2.95. The van der Waals surface area contributed by atoms with Crippen molar-refractivity contribution >= 4 is 0 Å². The number of pyridine rings is 1. The summed E-state index contributed by atoms with van der Waals surface area (Å²) < 4.78 is 19.6. The summed E-state index contributed by atoms with van der Waals surface area (Å²) in [5.41, 5.74) is 4.63. The van der Waals surface area contributed by atoms with Gasteiger partial charge < -0.3 is 10.5 Å². The Morgan fingerprint density at radius 1 is 1.60 bits per heavy atom. The number of nitrogens with zero attached hydrogens (tertiary/aromatic N) is 1. The van der Waals surface area contributed by atoms with Gasteiger partial charge in [-0.3, -0.25) is 4.98 Å². The fourth-order valence-electron chi connectivity index (χ4n) is 1.82. The summed E-state index contributed by atoms with van der Waals surface area (Å²) >= 11 is 0. The molecule has 1 fully saturated rings. The largest absolute Gasteiger partial charge is 0.495 e. The van der Waals surface area contributed by atoms with Crippen molar-refractivity contribution in [2.45, 2.75) is 18.5 Å². The van der Waals surface area contributed by atoms with E-state index in [2.05, 4.69) is 4.98 Å². The van der Waals surface area contributed by atoms with Gasteiger partial charge in [-0.2, -0.15) is 0 Å². The van der Waals surface area contributed by atoms with Gasteiger partial charge in [-0.05, 0) is 24.8 Å². The van der Waals surface area contributed by atoms with Gasteiger partial charge in [0.1, 0.15) is 5.75 Å². The van der Waals surface area contributed by atoms with E-state index in [1.54, 1.807) is 19.4 Å². The first-order valence-corrected chi connectivity index (χ1v) is 5.09. The van der Waals surface area contributed by atoms with E-state index in [9.17, 15) is 4.39 Å². The molecule has 1 aliphatic carbocycles. The second-order valence-corrected chi connectivity index (χ2v) is 3.95. The molecule has 1 heterocycles. The van der Waals surface area contributed by atoms with Gasteiger partial charge in [0.2, 0.25) is 0 Å². The van der Waals surface area contributed by atoms with Crippen molar-refractivity contribution in [2.24, 2.45) is 11.7 Å². The molecule has 1 aromatic rings. The lowest BCUT2D eigenvalue weighted by molar-refractivity contribution is 0.142. The quantitative estimate of drug-likeness (QED) is 0.821.